The first-order valence-electron chi connectivity index (χ1n) is 13.6. The SMILES string of the molecule is Cn1cnc2cc(Oc3c(Cl)cc(Nc4ncnc5cnc(N6CCN(C(=O)OC(C)(C)C)CC6)nc45)cc3Cl)ccc21. The number of benzene rings is 2. The van der Waals surface area contributed by atoms with E-state index in [1.54, 1.807) is 29.6 Å². The van der Waals surface area contributed by atoms with Gasteiger partial charge in [-0.1, -0.05) is 23.2 Å². The van der Waals surface area contributed by atoms with Gasteiger partial charge < -0.3 is 29.2 Å². The van der Waals surface area contributed by atoms with Crippen LogP contribution in [0.2, 0.25) is 10.0 Å². The van der Waals surface area contributed by atoms with Crippen LogP contribution >= 0.6 is 23.2 Å². The minimum Gasteiger partial charge on any atom is -0.454 e. The van der Waals surface area contributed by atoms with E-state index in [4.69, 9.17) is 37.7 Å². The van der Waals surface area contributed by atoms with Crippen molar-refractivity contribution in [2.75, 3.05) is 36.4 Å². The minimum absolute atomic E-state index is 0.313. The number of halogens is 2. The summed E-state index contributed by atoms with van der Waals surface area (Å²) in [6, 6.07) is 9.00. The van der Waals surface area contributed by atoms with E-state index in [2.05, 4.69) is 25.3 Å². The molecule has 43 heavy (non-hydrogen) atoms. The number of anilines is 3. The maximum Gasteiger partial charge on any atom is 0.410 e. The number of hydrogen-bond acceptors (Lipinski definition) is 10. The van der Waals surface area contributed by atoms with Gasteiger partial charge in [-0.2, -0.15) is 0 Å². The van der Waals surface area contributed by atoms with Crippen LogP contribution in [0.4, 0.5) is 22.2 Å². The molecule has 1 saturated heterocycles. The van der Waals surface area contributed by atoms with Crippen LogP contribution in [0, 0.1) is 0 Å². The number of carbonyl (C=O) groups is 1. The molecule has 0 spiro atoms. The fraction of sp³-hybridized carbons (Fsp3) is 0.310. The van der Waals surface area contributed by atoms with E-state index in [0.717, 1.165) is 11.0 Å². The Kier molecular flexibility index (Phi) is 7.57. The number of carbonyl (C=O) groups excluding carboxylic acids is 1. The highest BCUT2D eigenvalue weighted by Crippen LogP contribution is 2.40. The number of hydrogen-bond donors (Lipinski definition) is 1. The summed E-state index contributed by atoms with van der Waals surface area (Å²) in [6.45, 7) is 7.66. The number of ether oxygens (including phenoxy) is 2. The molecule has 1 fully saturated rings. The second kappa shape index (κ2) is 11.3. The number of amides is 1. The highest BCUT2D eigenvalue weighted by molar-refractivity contribution is 6.37. The zero-order chi connectivity index (χ0) is 30.3. The average molecular weight is 623 g/mol. The molecule has 6 rings (SSSR count). The van der Waals surface area contributed by atoms with Crippen LogP contribution in [-0.4, -0.2) is 72.3 Å². The quantitative estimate of drug-likeness (QED) is 0.242. The second-order valence-corrected chi connectivity index (χ2v) is 11.9. The van der Waals surface area contributed by atoms with E-state index in [-0.39, 0.29) is 6.09 Å². The number of nitrogens with zero attached hydrogens (tertiary/aromatic N) is 8. The number of imidazole rings is 1. The predicted octanol–water partition coefficient (Wildman–Crippen LogP) is 6.21. The van der Waals surface area contributed by atoms with E-state index in [1.165, 1.54) is 6.33 Å². The van der Waals surface area contributed by atoms with Crippen LogP contribution < -0.4 is 15.0 Å². The molecule has 0 unspecified atom stereocenters. The molecule has 0 bridgehead atoms. The van der Waals surface area contributed by atoms with Gasteiger partial charge in [-0.15, -0.1) is 0 Å². The molecule has 4 heterocycles. The Morgan fingerprint density at radius 2 is 1.70 bits per heavy atom. The fourth-order valence-electron chi connectivity index (χ4n) is 4.67. The van der Waals surface area contributed by atoms with Crippen LogP contribution in [0.3, 0.4) is 0 Å². The molecular weight excluding hydrogens is 593 g/mol. The Morgan fingerprint density at radius 1 is 0.953 bits per heavy atom. The number of aromatic nitrogens is 6. The van der Waals surface area contributed by atoms with Crippen LogP contribution in [-0.2, 0) is 11.8 Å². The van der Waals surface area contributed by atoms with Crippen molar-refractivity contribution in [3.63, 3.8) is 0 Å². The summed E-state index contributed by atoms with van der Waals surface area (Å²) in [5.74, 6) is 1.86. The lowest BCUT2D eigenvalue weighted by Gasteiger charge is -2.35. The summed E-state index contributed by atoms with van der Waals surface area (Å²) < 4.78 is 13.5. The summed E-state index contributed by atoms with van der Waals surface area (Å²) in [4.78, 5) is 38.5. The molecule has 1 amide bonds. The van der Waals surface area contributed by atoms with Gasteiger partial charge in [0.25, 0.3) is 0 Å². The van der Waals surface area contributed by atoms with Gasteiger partial charge in [0, 0.05) is 45.0 Å². The molecule has 0 aliphatic carbocycles. The molecule has 12 nitrogen and oxygen atoms in total. The molecule has 1 aliphatic heterocycles. The minimum atomic E-state index is -0.546. The van der Waals surface area contributed by atoms with E-state index in [0.29, 0.717) is 76.2 Å². The van der Waals surface area contributed by atoms with Gasteiger partial charge in [-0.05, 0) is 45.0 Å². The van der Waals surface area contributed by atoms with Crippen molar-refractivity contribution in [3.05, 3.63) is 59.2 Å². The van der Waals surface area contributed by atoms with Crippen molar-refractivity contribution in [2.24, 2.45) is 7.05 Å². The van der Waals surface area contributed by atoms with Gasteiger partial charge in [0.2, 0.25) is 5.95 Å². The van der Waals surface area contributed by atoms with Crippen molar-refractivity contribution < 1.29 is 14.3 Å². The first kappa shape index (κ1) is 28.7. The van der Waals surface area contributed by atoms with Gasteiger partial charge in [-0.3, -0.25) is 0 Å². The first-order valence-corrected chi connectivity index (χ1v) is 14.4. The standard InChI is InChI=1S/C29H29Cl2N9O3/c1-29(2,3)43-28(41)40-9-7-39(8-10-40)27-32-14-22-24(37-27)26(34-15-33-22)36-17-11-19(30)25(20(31)12-17)42-18-5-6-23-21(13-18)35-16-38(23)4/h5-6,11-16H,7-10H2,1-4H3,(H,33,34,36). The second-order valence-electron chi connectivity index (χ2n) is 11.1. The monoisotopic (exact) mass is 621 g/mol. The number of fused-ring (bicyclic) bond motifs is 2. The molecule has 14 heteroatoms. The van der Waals surface area contributed by atoms with Crippen LogP contribution in [0.15, 0.2) is 49.2 Å². The normalized spacial score (nSPS) is 13.9. The number of rotatable bonds is 5. The molecule has 0 atom stereocenters. The number of piperazine rings is 1. The molecule has 0 radical (unpaired) electrons. The summed E-state index contributed by atoms with van der Waals surface area (Å²) in [5, 5.41) is 3.88. The molecule has 222 valence electrons. The Hall–Kier alpha value is -4.42. The van der Waals surface area contributed by atoms with Gasteiger partial charge in [0.05, 0.1) is 33.6 Å². The van der Waals surface area contributed by atoms with E-state index in [9.17, 15) is 4.79 Å². The van der Waals surface area contributed by atoms with Gasteiger partial charge >= 0.3 is 6.09 Å². The van der Waals surface area contributed by atoms with Crippen molar-refractivity contribution >= 4 is 68.8 Å². The topological polar surface area (TPSA) is 123 Å². The molecule has 2 aromatic carbocycles. The van der Waals surface area contributed by atoms with Crippen molar-refractivity contribution in [1.29, 1.82) is 0 Å². The zero-order valence-electron chi connectivity index (χ0n) is 24.0. The summed E-state index contributed by atoms with van der Waals surface area (Å²) in [5.41, 5.74) is 2.92. The van der Waals surface area contributed by atoms with Crippen LogP contribution in [0.25, 0.3) is 22.1 Å². The predicted molar refractivity (Wildman–Crippen MR) is 166 cm³/mol. The van der Waals surface area contributed by atoms with Gasteiger partial charge in [0.1, 0.15) is 28.7 Å². The largest absolute Gasteiger partial charge is 0.454 e. The molecule has 1 N–H and O–H groups in total. The maximum atomic E-state index is 12.5. The van der Waals surface area contributed by atoms with Crippen LogP contribution in [0.5, 0.6) is 11.5 Å². The molecule has 0 saturated carbocycles. The Bertz CT molecular complexity index is 1810. The highest BCUT2D eigenvalue weighted by Gasteiger charge is 2.27. The lowest BCUT2D eigenvalue weighted by Crippen LogP contribution is -2.50. The maximum absolute atomic E-state index is 12.5. The third-order valence-electron chi connectivity index (χ3n) is 6.76. The first-order chi connectivity index (χ1) is 20.5. The Morgan fingerprint density at radius 3 is 2.42 bits per heavy atom. The fourth-order valence-corrected chi connectivity index (χ4v) is 5.23. The third kappa shape index (κ3) is 6.20. The molecule has 1 aliphatic rings. The molecular formula is C29H29Cl2N9O3. The summed E-state index contributed by atoms with van der Waals surface area (Å²) >= 11 is 13.2. The average Bonchev–Trinajstić information content (AvgIpc) is 3.34. The third-order valence-corrected chi connectivity index (χ3v) is 7.32. The van der Waals surface area contributed by atoms with Crippen molar-refractivity contribution in [3.8, 4) is 11.5 Å². The smallest absolute Gasteiger partial charge is 0.410 e. The Labute approximate surface area is 257 Å². The van der Waals surface area contributed by atoms with E-state index < -0.39 is 5.60 Å². The summed E-state index contributed by atoms with van der Waals surface area (Å²) in [7, 11) is 1.93. The molecule has 3 aromatic heterocycles. The Balaban J connectivity index is 1.19. The van der Waals surface area contributed by atoms with Gasteiger partial charge in [-0.25, -0.2) is 29.7 Å². The summed E-state index contributed by atoms with van der Waals surface area (Å²) in [6.07, 6.45) is 4.50. The van der Waals surface area contributed by atoms with E-state index >= 15 is 0 Å². The number of nitrogens with one attached hydrogen (secondary N) is 1. The highest BCUT2D eigenvalue weighted by atomic mass is 35.5. The number of aryl methyl sites for hydroxylation is 1. The van der Waals surface area contributed by atoms with Crippen molar-refractivity contribution in [1.82, 2.24) is 34.4 Å². The molecule has 5 aromatic rings. The van der Waals surface area contributed by atoms with Crippen LogP contribution in [0.1, 0.15) is 20.8 Å². The van der Waals surface area contributed by atoms with Crippen molar-refractivity contribution in [2.45, 2.75) is 26.4 Å². The van der Waals surface area contributed by atoms with E-state index in [1.807, 2.05) is 55.5 Å². The van der Waals surface area contributed by atoms with Gasteiger partial charge in [0.15, 0.2) is 11.6 Å². The lowest BCUT2D eigenvalue weighted by atomic mass is 10.2. The zero-order valence-corrected chi connectivity index (χ0v) is 25.5. The lowest BCUT2D eigenvalue weighted by molar-refractivity contribution is 0.0240.